The fourth-order valence-electron chi connectivity index (χ4n) is 11.9. The van der Waals surface area contributed by atoms with Crippen molar-refractivity contribution in [3.63, 3.8) is 0 Å². The summed E-state index contributed by atoms with van der Waals surface area (Å²) in [4.78, 5) is 12.8. The number of hydrogen-bond donors (Lipinski definition) is 0. The number of benzene rings is 8. The zero-order valence-electron chi connectivity index (χ0n) is 36.6. The summed E-state index contributed by atoms with van der Waals surface area (Å²) in [6.07, 6.45) is 3.91. The minimum absolute atomic E-state index is 0.582. The second kappa shape index (κ2) is 13.9. The van der Waals surface area contributed by atoms with Crippen LogP contribution in [0.2, 0.25) is 0 Å². The minimum atomic E-state index is -0.684. The van der Waals surface area contributed by atoms with Crippen molar-refractivity contribution in [1.82, 2.24) is 23.7 Å². The van der Waals surface area contributed by atoms with Gasteiger partial charge in [-0.05, 0) is 120 Å². The average molecular weight is 896 g/mol. The van der Waals surface area contributed by atoms with E-state index in [2.05, 4.69) is 177 Å². The van der Waals surface area contributed by atoms with E-state index in [9.17, 15) is 10.5 Å². The lowest BCUT2D eigenvalue weighted by atomic mass is 9.67. The highest BCUT2D eigenvalue weighted by molar-refractivity contribution is 7.99. The van der Waals surface area contributed by atoms with E-state index in [0.717, 1.165) is 94.2 Å². The maximum Gasteiger partial charge on any atom is 0.0991 e. The Morgan fingerprint density at radius 2 is 0.870 bits per heavy atom. The molecule has 1 spiro atoms. The molecule has 1 atom stereocenters. The highest BCUT2D eigenvalue weighted by atomic mass is 32.2. The first-order valence-electron chi connectivity index (χ1n) is 22.9. The minimum Gasteiger partial charge on any atom is -0.309 e. The van der Waals surface area contributed by atoms with E-state index in [4.69, 9.17) is 9.97 Å². The molecular formula is C61H33N7S. The van der Waals surface area contributed by atoms with Gasteiger partial charge >= 0.3 is 0 Å². The second-order valence-electron chi connectivity index (χ2n) is 18.0. The van der Waals surface area contributed by atoms with Crippen molar-refractivity contribution in [1.29, 1.82) is 10.5 Å². The van der Waals surface area contributed by atoms with E-state index in [1.807, 2.05) is 60.6 Å². The van der Waals surface area contributed by atoms with Gasteiger partial charge in [-0.1, -0.05) is 96.7 Å². The van der Waals surface area contributed by atoms with Crippen LogP contribution in [0.1, 0.15) is 33.4 Å². The van der Waals surface area contributed by atoms with Crippen LogP contribution >= 0.6 is 11.8 Å². The molecule has 8 aromatic carbocycles. The molecule has 0 fully saturated rings. The van der Waals surface area contributed by atoms with Crippen molar-refractivity contribution in [3.8, 4) is 40.6 Å². The molecule has 7 nitrogen and oxygen atoms in total. The third-order valence-electron chi connectivity index (χ3n) is 14.6. The maximum absolute atomic E-state index is 9.83. The smallest absolute Gasteiger partial charge is 0.0991 e. The third-order valence-corrected chi connectivity index (χ3v) is 15.8. The van der Waals surface area contributed by atoms with E-state index in [1.54, 1.807) is 0 Å². The molecule has 6 heterocycles. The lowest BCUT2D eigenvalue weighted by Crippen LogP contribution is -2.32. The predicted octanol–water partition coefficient (Wildman–Crippen LogP) is 14.3. The van der Waals surface area contributed by atoms with E-state index in [1.165, 1.54) is 31.7 Å². The molecule has 1 unspecified atom stereocenters. The molecule has 1 aliphatic heterocycles. The zero-order chi connectivity index (χ0) is 45.5. The molecule has 0 saturated heterocycles. The molecule has 318 valence electrons. The number of nitrogens with zero attached hydrogens (tertiary/aromatic N) is 7. The molecule has 69 heavy (non-hydrogen) atoms. The van der Waals surface area contributed by atoms with Crippen molar-refractivity contribution < 1.29 is 0 Å². The Morgan fingerprint density at radius 1 is 0.377 bits per heavy atom. The molecule has 8 heteroatoms. The molecule has 0 N–H and O–H groups in total. The summed E-state index contributed by atoms with van der Waals surface area (Å²) >= 11 is 1.83. The van der Waals surface area contributed by atoms with Gasteiger partial charge in [0.15, 0.2) is 0 Å². The first-order valence-corrected chi connectivity index (χ1v) is 23.7. The predicted molar refractivity (Wildman–Crippen MR) is 276 cm³/mol. The Kier molecular flexibility index (Phi) is 7.65. The zero-order valence-corrected chi connectivity index (χ0v) is 37.4. The fourth-order valence-corrected chi connectivity index (χ4v) is 13.1. The Balaban J connectivity index is 0.949. The van der Waals surface area contributed by atoms with Crippen LogP contribution < -0.4 is 0 Å². The fraction of sp³-hybridized carbons (Fsp3) is 0.0164. The monoisotopic (exact) mass is 895 g/mol. The van der Waals surface area contributed by atoms with Gasteiger partial charge in [-0.3, -0.25) is 9.97 Å². The lowest BCUT2D eigenvalue weighted by molar-refractivity contribution is 0.718. The lowest BCUT2D eigenvalue weighted by Gasteiger charge is -2.39. The molecule has 0 radical (unpaired) electrons. The number of rotatable bonds is 3. The molecule has 5 aromatic heterocycles. The van der Waals surface area contributed by atoms with Crippen molar-refractivity contribution in [2.45, 2.75) is 15.2 Å². The van der Waals surface area contributed by atoms with Gasteiger partial charge in [0.05, 0.1) is 85.1 Å². The van der Waals surface area contributed by atoms with Crippen LogP contribution in [0.25, 0.3) is 93.9 Å². The number of pyridine rings is 2. The van der Waals surface area contributed by atoms with Crippen LogP contribution in [0.4, 0.5) is 0 Å². The van der Waals surface area contributed by atoms with Crippen LogP contribution in [0.3, 0.4) is 0 Å². The molecule has 2 aliphatic rings. The number of fused-ring (bicyclic) bond motifs is 18. The van der Waals surface area contributed by atoms with Crippen molar-refractivity contribution in [2.24, 2.45) is 0 Å². The van der Waals surface area contributed by atoms with Crippen molar-refractivity contribution in [3.05, 3.63) is 234 Å². The van der Waals surface area contributed by atoms with Gasteiger partial charge in [-0.25, -0.2) is 0 Å². The molecule has 13 aromatic rings. The van der Waals surface area contributed by atoms with E-state index in [0.29, 0.717) is 11.1 Å². The first-order chi connectivity index (χ1) is 34.1. The highest BCUT2D eigenvalue weighted by Crippen LogP contribution is 2.62. The molecule has 15 rings (SSSR count). The summed E-state index contributed by atoms with van der Waals surface area (Å²) < 4.78 is 7.00. The largest absolute Gasteiger partial charge is 0.309 e. The summed E-state index contributed by atoms with van der Waals surface area (Å²) in [5, 5.41) is 26.2. The van der Waals surface area contributed by atoms with Gasteiger partial charge in [0.1, 0.15) is 0 Å². The molecule has 1 aliphatic carbocycles. The van der Waals surface area contributed by atoms with Gasteiger partial charge in [-0.2, -0.15) is 10.5 Å². The standard InChI is InChI=1S/C61H33N7S/c62-33-36-19-24-54-44(28-36)45-29-37(34-63)20-25-55(45)66(54)38-22-26-56-46(30-38)43-12-3-7-17-53(43)67(56)39-21-23-48-58(32-39)69-57-18-8-4-13-47(57)61(48)49-14-9-27-64-59(49)60-50(61)31-40(35-65-60)68-51-15-5-1-10-41(51)42-11-2-6-16-52(42)68/h1-32,35H. The van der Waals surface area contributed by atoms with Gasteiger partial charge in [0, 0.05) is 65.2 Å². The summed E-state index contributed by atoms with van der Waals surface area (Å²) in [5.74, 6) is 0. The van der Waals surface area contributed by atoms with Gasteiger partial charge in [0.25, 0.3) is 0 Å². The molecule has 0 bridgehead atoms. The Morgan fingerprint density at radius 3 is 1.54 bits per heavy atom. The normalized spacial score (nSPS) is 14.6. The van der Waals surface area contributed by atoms with Crippen LogP contribution in [0.5, 0.6) is 0 Å². The quantitative estimate of drug-likeness (QED) is 0.176. The van der Waals surface area contributed by atoms with E-state index < -0.39 is 5.41 Å². The van der Waals surface area contributed by atoms with Gasteiger partial charge in [-0.15, -0.1) is 0 Å². The average Bonchev–Trinajstić information content (AvgIpc) is 4.12. The van der Waals surface area contributed by atoms with E-state index in [-0.39, 0.29) is 0 Å². The summed E-state index contributed by atoms with van der Waals surface area (Å²) in [5.41, 5.74) is 16.5. The SMILES string of the molecule is N#Cc1ccc2c(c1)c1cc(C#N)ccc1n2-c1ccc2c(c1)c1ccccc1n2-c1ccc2c(c1)Sc1ccccc1C21c2cccnc2-c2ncc(-n3c4ccccc4c4ccccc43)cc21. The van der Waals surface area contributed by atoms with Crippen molar-refractivity contribution in [2.75, 3.05) is 0 Å². The second-order valence-corrected chi connectivity index (χ2v) is 19.0. The first kappa shape index (κ1) is 38.0. The van der Waals surface area contributed by atoms with Crippen LogP contribution in [0.15, 0.2) is 210 Å². The topological polar surface area (TPSA) is 88.2 Å². The number of nitriles is 2. The Bertz CT molecular complexity index is 4390. The van der Waals surface area contributed by atoms with Crippen molar-refractivity contribution >= 4 is 77.2 Å². The number of para-hydroxylation sites is 3. The molecule has 0 amide bonds. The van der Waals surface area contributed by atoms with Gasteiger partial charge in [0.2, 0.25) is 0 Å². The van der Waals surface area contributed by atoms with Crippen LogP contribution in [-0.2, 0) is 5.41 Å². The van der Waals surface area contributed by atoms with E-state index >= 15 is 0 Å². The van der Waals surface area contributed by atoms with Crippen LogP contribution in [-0.4, -0.2) is 23.7 Å². The summed E-state index contributed by atoms with van der Waals surface area (Å²) in [6, 6.07) is 71.4. The number of aromatic nitrogens is 5. The molecular weight excluding hydrogens is 863 g/mol. The number of hydrogen-bond acceptors (Lipinski definition) is 5. The summed E-state index contributed by atoms with van der Waals surface area (Å²) in [7, 11) is 0. The summed E-state index contributed by atoms with van der Waals surface area (Å²) in [6.45, 7) is 0. The third kappa shape index (κ3) is 5.00. The Hall–Kier alpha value is -9.21. The molecule has 0 saturated carbocycles. The van der Waals surface area contributed by atoms with Crippen LogP contribution in [0, 0.1) is 22.7 Å². The maximum atomic E-state index is 9.83. The van der Waals surface area contributed by atoms with Gasteiger partial charge < -0.3 is 13.7 Å². The highest BCUT2D eigenvalue weighted by Gasteiger charge is 2.52. The Labute approximate surface area is 399 Å².